The molecule has 2 atom stereocenters. The summed E-state index contributed by atoms with van der Waals surface area (Å²) in [5.74, 6) is 1.04. The maximum atomic E-state index is 12.3. The molecule has 1 amide bonds. The number of morpholine rings is 1. The first kappa shape index (κ1) is 14.9. The Morgan fingerprint density at radius 3 is 3.00 bits per heavy atom. The van der Waals surface area contributed by atoms with Crippen LogP contribution in [-0.2, 0) is 16.0 Å². The Balaban J connectivity index is 1.91. The van der Waals surface area contributed by atoms with E-state index in [1.807, 2.05) is 43.0 Å². The lowest BCUT2D eigenvalue weighted by atomic mass is 10.1. The number of hydrogen-bond donors (Lipinski definition) is 0. The van der Waals surface area contributed by atoms with E-state index < -0.39 is 0 Å². The lowest BCUT2D eigenvalue weighted by molar-refractivity contribution is -0.143. The van der Waals surface area contributed by atoms with E-state index in [0.29, 0.717) is 19.6 Å². The molecule has 2 unspecified atom stereocenters. The molecular weight excluding hydrogens is 254 g/mol. The first-order chi connectivity index (χ1) is 9.61. The second kappa shape index (κ2) is 6.75. The lowest BCUT2D eigenvalue weighted by Crippen LogP contribution is -2.51. The Bertz CT molecular complexity index is 461. The molecule has 1 aromatic rings. The smallest absolute Gasteiger partial charge is 0.223 e. The molecule has 4 heteroatoms. The summed E-state index contributed by atoms with van der Waals surface area (Å²) in [6.45, 7) is 5.40. The highest BCUT2D eigenvalue weighted by Gasteiger charge is 2.28. The topological polar surface area (TPSA) is 38.8 Å². The molecule has 0 spiro atoms. The van der Waals surface area contributed by atoms with Crippen molar-refractivity contribution < 1.29 is 14.3 Å². The largest absolute Gasteiger partial charge is 0.497 e. The number of ether oxygens (including phenoxy) is 2. The highest BCUT2D eigenvalue weighted by Crippen LogP contribution is 2.17. The summed E-state index contributed by atoms with van der Waals surface area (Å²) in [6, 6.07) is 8.04. The molecule has 2 rings (SSSR count). The third kappa shape index (κ3) is 3.51. The Labute approximate surface area is 120 Å². The lowest BCUT2D eigenvalue weighted by Gasteiger charge is -2.38. The third-order valence-electron chi connectivity index (χ3n) is 3.97. The fourth-order valence-electron chi connectivity index (χ4n) is 2.51. The normalized spacial score (nSPS) is 22.6. The van der Waals surface area contributed by atoms with Gasteiger partial charge in [0.05, 0.1) is 25.9 Å². The number of carbonyl (C=O) groups excluding carboxylic acids is 1. The molecule has 0 aliphatic carbocycles. The van der Waals surface area contributed by atoms with Gasteiger partial charge in [0.2, 0.25) is 5.91 Å². The molecule has 1 heterocycles. The van der Waals surface area contributed by atoms with Crippen LogP contribution in [0.5, 0.6) is 5.75 Å². The number of nitrogens with zero attached hydrogens (tertiary/aromatic N) is 1. The summed E-state index contributed by atoms with van der Waals surface area (Å²) in [5.41, 5.74) is 1.13. The van der Waals surface area contributed by atoms with Crippen molar-refractivity contribution >= 4 is 5.91 Å². The van der Waals surface area contributed by atoms with Crippen molar-refractivity contribution in [1.29, 1.82) is 0 Å². The van der Waals surface area contributed by atoms with Crippen LogP contribution >= 0.6 is 0 Å². The molecule has 110 valence electrons. The number of aryl methyl sites for hydroxylation is 1. The van der Waals surface area contributed by atoms with Crippen molar-refractivity contribution in [3.05, 3.63) is 29.8 Å². The van der Waals surface area contributed by atoms with Crippen LogP contribution in [0.3, 0.4) is 0 Å². The SMILES string of the molecule is COc1cccc(CCC(=O)N2CCOC(C)C2C)c1. The average Bonchev–Trinajstić information content (AvgIpc) is 2.48. The van der Waals surface area contributed by atoms with E-state index >= 15 is 0 Å². The number of hydrogen-bond acceptors (Lipinski definition) is 3. The van der Waals surface area contributed by atoms with E-state index in [1.54, 1.807) is 7.11 Å². The summed E-state index contributed by atoms with van der Waals surface area (Å²) in [7, 11) is 1.65. The number of methoxy groups -OCH3 is 1. The van der Waals surface area contributed by atoms with Crippen molar-refractivity contribution in [3.8, 4) is 5.75 Å². The average molecular weight is 277 g/mol. The van der Waals surface area contributed by atoms with Gasteiger partial charge in [-0.1, -0.05) is 12.1 Å². The Kier molecular flexibility index (Phi) is 5.01. The Hall–Kier alpha value is -1.55. The van der Waals surface area contributed by atoms with Crippen molar-refractivity contribution in [2.45, 2.75) is 38.8 Å². The van der Waals surface area contributed by atoms with Gasteiger partial charge in [0.1, 0.15) is 5.75 Å². The molecule has 0 aromatic heterocycles. The zero-order chi connectivity index (χ0) is 14.5. The monoisotopic (exact) mass is 277 g/mol. The van der Waals surface area contributed by atoms with E-state index in [-0.39, 0.29) is 18.1 Å². The van der Waals surface area contributed by atoms with Crippen molar-refractivity contribution in [3.63, 3.8) is 0 Å². The van der Waals surface area contributed by atoms with Crippen LogP contribution in [0.1, 0.15) is 25.8 Å². The van der Waals surface area contributed by atoms with Gasteiger partial charge in [0, 0.05) is 13.0 Å². The molecule has 20 heavy (non-hydrogen) atoms. The minimum absolute atomic E-state index is 0.115. The van der Waals surface area contributed by atoms with Gasteiger partial charge >= 0.3 is 0 Å². The van der Waals surface area contributed by atoms with Gasteiger partial charge in [0.25, 0.3) is 0 Å². The zero-order valence-electron chi connectivity index (χ0n) is 12.5. The van der Waals surface area contributed by atoms with Crippen molar-refractivity contribution in [2.24, 2.45) is 0 Å². The first-order valence-electron chi connectivity index (χ1n) is 7.16. The van der Waals surface area contributed by atoms with Crippen LogP contribution in [0.2, 0.25) is 0 Å². The zero-order valence-corrected chi connectivity index (χ0v) is 12.5. The highest BCUT2D eigenvalue weighted by molar-refractivity contribution is 5.77. The predicted molar refractivity (Wildman–Crippen MR) is 77.9 cm³/mol. The van der Waals surface area contributed by atoms with Gasteiger partial charge in [-0.25, -0.2) is 0 Å². The first-order valence-corrected chi connectivity index (χ1v) is 7.16. The van der Waals surface area contributed by atoms with Crippen molar-refractivity contribution in [1.82, 2.24) is 4.90 Å². The van der Waals surface area contributed by atoms with Crippen LogP contribution in [0.4, 0.5) is 0 Å². The van der Waals surface area contributed by atoms with Gasteiger partial charge in [0.15, 0.2) is 0 Å². The van der Waals surface area contributed by atoms with Crippen LogP contribution in [0.25, 0.3) is 0 Å². The number of rotatable bonds is 4. The maximum absolute atomic E-state index is 12.3. The number of benzene rings is 1. The van der Waals surface area contributed by atoms with Gasteiger partial charge in [-0.05, 0) is 38.0 Å². The predicted octanol–water partition coefficient (Wildman–Crippen LogP) is 2.26. The molecule has 1 aromatic carbocycles. The molecule has 1 aliphatic rings. The molecule has 0 bridgehead atoms. The Morgan fingerprint density at radius 1 is 1.45 bits per heavy atom. The maximum Gasteiger partial charge on any atom is 0.223 e. The minimum Gasteiger partial charge on any atom is -0.497 e. The van der Waals surface area contributed by atoms with Crippen LogP contribution in [0, 0.1) is 0 Å². The number of carbonyl (C=O) groups is 1. The molecule has 0 radical (unpaired) electrons. The van der Waals surface area contributed by atoms with E-state index in [1.165, 1.54) is 0 Å². The van der Waals surface area contributed by atoms with E-state index in [4.69, 9.17) is 9.47 Å². The Morgan fingerprint density at radius 2 is 2.25 bits per heavy atom. The summed E-state index contributed by atoms with van der Waals surface area (Å²) in [4.78, 5) is 14.3. The summed E-state index contributed by atoms with van der Waals surface area (Å²) >= 11 is 0. The molecule has 1 fully saturated rings. The van der Waals surface area contributed by atoms with E-state index in [9.17, 15) is 4.79 Å². The van der Waals surface area contributed by atoms with E-state index in [0.717, 1.165) is 17.7 Å². The second-order valence-corrected chi connectivity index (χ2v) is 5.26. The van der Waals surface area contributed by atoms with E-state index in [2.05, 4.69) is 0 Å². The van der Waals surface area contributed by atoms with Gasteiger partial charge in [-0.15, -0.1) is 0 Å². The standard InChI is InChI=1S/C16H23NO3/c1-12-13(2)20-10-9-17(12)16(18)8-7-14-5-4-6-15(11-14)19-3/h4-6,11-13H,7-10H2,1-3H3. The molecule has 0 saturated carbocycles. The third-order valence-corrected chi connectivity index (χ3v) is 3.97. The van der Waals surface area contributed by atoms with Crippen LogP contribution in [-0.4, -0.2) is 43.2 Å². The second-order valence-electron chi connectivity index (χ2n) is 5.26. The quantitative estimate of drug-likeness (QED) is 0.847. The molecule has 1 aliphatic heterocycles. The number of amides is 1. The van der Waals surface area contributed by atoms with Crippen molar-refractivity contribution in [2.75, 3.05) is 20.3 Å². The summed E-state index contributed by atoms with van der Waals surface area (Å²) < 4.78 is 10.8. The van der Waals surface area contributed by atoms with Gasteiger partial charge < -0.3 is 14.4 Å². The minimum atomic E-state index is 0.115. The fourth-order valence-corrected chi connectivity index (χ4v) is 2.51. The molecular formula is C16H23NO3. The fraction of sp³-hybridized carbons (Fsp3) is 0.562. The molecule has 0 N–H and O–H groups in total. The summed E-state index contributed by atoms with van der Waals surface area (Å²) in [6.07, 6.45) is 1.39. The van der Waals surface area contributed by atoms with Crippen LogP contribution < -0.4 is 4.74 Å². The molecule has 4 nitrogen and oxygen atoms in total. The van der Waals surface area contributed by atoms with Crippen LogP contribution in [0.15, 0.2) is 24.3 Å². The molecule has 1 saturated heterocycles. The van der Waals surface area contributed by atoms with Gasteiger partial charge in [-0.2, -0.15) is 0 Å². The van der Waals surface area contributed by atoms with Gasteiger partial charge in [-0.3, -0.25) is 4.79 Å². The highest BCUT2D eigenvalue weighted by atomic mass is 16.5. The summed E-state index contributed by atoms with van der Waals surface area (Å²) in [5, 5.41) is 0.